The van der Waals surface area contributed by atoms with Gasteiger partial charge in [0.1, 0.15) is 5.75 Å². The average molecular weight is 344 g/mol. The highest BCUT2D eigenvalue weighted by Crippen LogP contribution is 2.33. The summed E-state index contributed by atoms with van der Waals surface area (Å²) >= 11 is 9.03. The van der Waals surface area contributed by atoms with E-state index in [0.717, 1.165) is 5.56 Å². The molecule has 0 aliphatic rings. The first-order valence-corrected chi connectivity index (χ1v) is 6.72. The van der Waals surface area contributed by atoms with Gasteiger partial charge in [-0.1, -0.05) is 33.6 Å². The minimum atomic E-state index is -0.487. The van der Waals surface area contributed by atoms with Crippen molar-refractivity contribution < 1.29 is 9.66 Å². The van der Waals surface area contributed by atoms with E-state index in [9.17, 15) is 10.1 Å². The van der Waals surface area contributed by atoms with E-state index in [-0.39, 0.29) is 11.4 Å². The van der Waals surface area contributed by atoms with Crippen LogP contribution in [0.2, 0.25) is 5.02 Å². The van der Waals surface area contributed by atoms with Gasteiger partial charge in [0.25, 0.3) is 0 Å². The van der Waals surface area contributed by atoms with Crippen LogP contribution < -0.4 is 4.74 Å². The summed E-state index contributed by atoms with van der Waals surface area (Å²) in [6.45, 7) is 0. The molecule has 2 rings (SSSR count). The maximum Gasteiger partial charge on any atom is 0.311 e. The molecule has 5 nitrogen and oxygen atoms in total. The minimum Gasteiger partial charge on any atom is -0.448 e. The van der Waals surface area contributed by atoms with Crippen molar-refractivity contribution >= 4 is 33.2 Å². The Balaban J connectivity index is 2.36. The fourth-order valence-corrected chi connectivity index (χ4v) is 1.96. The third kappa shape index (κ3) is 3.42. The Morgan fingerprint density at radius 1 is 1.37 bits per heavy atom. The van der Waals surface area contributed by atoms with Crippen LogP contribution in [0, 0.1) is 10.1 Å². The van der Waals surface area contributed by atoms with Gasteiger partial charge in [0, 0.05) is 23.7 Å². The fourth-order valence-electron chi connectivity index (χ4n) is 1.45. The van der Waals surface area contributed by atoms with Gasteiger partial charge in [-0.25, -0.2) is 0 Å². The van der Waals surface area contributed by atoms with Crippen molar-refractivity contribution in [2.45, 2.75) is 5.33 Å². The Hall–Kier alpha value is -1.66. The molecule has 0 spiro atoms. The van der Waals surface area contributed by atoms with Gasteiger partial charge in [-0.3, -0.25) is 15.1 Å². The Morgan fingerprint density at radius 3 is 2.79 bits per heavy atom. The topological polar surface area (TPSA) is 65.3 Å². The van der Waals surface area contributed by atoms with E-state index in [2.05, 4.69) is 20.9 Å². The van der Waals surface area contributed by atoms with Crippen molar-refractivity contribution in [2.24, 2.45) is 0 Å². The van der Waals surface area contributed by atoms with Crippen LogP contribution in [0.25, 0.3) is 0 Å². The van der Waals surface area contributed by atoms with Crippen LogP contribution in [0.4, 0.5) is 5.69 Å². The van der Waals surface area contributed by atoms with Crippen LogP contribution in [-0.2, 0) is 5.33 Å². The Labute approximate surface area is 122 Å². The molecule has 1 aromatic heterocycles. The van der Waals surface area contributed by atoms with Crippen LogP contribution in [0.15, 0.2) is 36.7 Å². The Morgan fingerprint density at radius 2 is 2.16 bits per heavy atom. The summed E-state index contributed by atoms with van der Waals surface area (Å²) < 4.78 is 5.45. The number of pyridine rings is 1. The summed E-state index contributed by atoms with van der Waals surface area (Å²) in [5.41, 5.74) is 0.695. The van der Waals surface area contributed by atoms with Crippen molar-refractivity contribution in [2.75, 3.05) is 0 Å². The molecule has 0 unspecified atom stereocenters. The number of aromatic nitrogens is 1. The van der Waals surface area contributed by atoms with Crippen molar-refractivity contribution in [3.05, 3.63) is 57.4 Å². The van der Waals surface area contributed by atoms with Gasteiger partial charge in [0.05, 0.1) is 16.1 Å². The van der Waals surface area contributed by atoms with Crippen molar-refractivity contribution in [3.63, 3.8) is 0 Å². The number of nitro benzene ring substituents is 1. The van der Waals surface area contributed by atoms with Gasteiger partial charge in [-0.15, -0.1) is 0 Å². The van der Waals surface area contributed by atoms with Gasteiger partial charge >= 0.3 is 5.69 Å². The molecule has 1 aromatic carbocycles. The van der Waals surface area contributed by atoms with Crippen LogP contribution >= 0.6 is 27.5 Å². The Bertz CT molecular complexity index is 622. The smallest absolute Gasteiger partial charge is 0.311 e. The highest BCUT2D eigenvalue weighted by Gasteiger charge is 2.16. The lowest BCUT2D eigenvalue weighted by atomic mass is 10.2. The molecule has 1 heterocycles. The maximum atomic E-state index is 11.0. The van der Waals surface area contributed by atoms with Gasteiger partial charge in [-0.05, 0) is 11.6 Å². The number of benzene rings is 1. The Kier molecular flexibility index (Phi) is 4.34. The summed E-state index contributed by atoms with van der Waals surface area (Å²) in [4.78, 5) is 14.4. The zero-order chi connectivity index (χ0) is 13.8. The largest absolute Gasteiger partial charge is 0.448 e. The fraction of sp³-hybridized carbons (Fsp3) is 0.0833. The van der Waals surface area contributed by atoms with E-state index in [1.807, 2.05) is 0 Å². The SMILES string of the molecule is O=[N+]([O-])c1cc(CBr)ccc1Oc1cncc(Cl)c1. The number of rotatable bonds is 4. The zero-order valence-corrected chi connectivity index (χ0v) is 11.9. The normalized spacial score (nSPS) is 10.2. The lowest BCUT2D eigenvalue weighted by Crippen LogP contribution is -1.95. The number of halogens is 2. The van der Waals surface area contributed by atoms with Gasteiger partial charge in [0.2, 0.25) is 5.75 Å². The number of nitrogens with zero attached hydrogens (tertiary/aromatic N) is 2. The van der Waals surface area contributed by atoms with Gasteiger partial charge < -0.3 is 4.74 Å². The number of nitro groups is 1. The predicted molar refractivity (Wildman–Crippen MR) is 75.0 cm³/mol. The molecule has 0 saturated carbocycles. The van der Waals surface area contributed by atoms with Crippen LogP contribution in [0.5, 0.6) is 11.5 Å². The molecule has 7 heteroatoms. The molecule has 0 aliphatic heterocycles. The number of ether oxygens (including phenoxy) is 1. The molecule has 98 valence electrons. The molecular formula is C12H8BrClN2O3. The molecule has 0 fully saturated rings. The molecule has 0 N–H and O–H groups in total. The molecule has 0 bridgehead atoms. The second-order valence-corrected chi connectivity index (χ2v) is 4.63. The summed E-state index contributed by atoms with van der Waals surface area (Å²) in [5.74, 6) is 0.501. The first-order chi connectivity index (χ1) is 9.10. The van der Waals surface area contributed by atoms with E-state index in [0.29, 0.717) is 16.1 Å². The standard InChI is InChI=1S/C12H8BrClN2O3/c13-5-8-1-2-12(11(3-8)16(17)18)19-10-4-9(14)6-15-7-10/h1-4,6-7H,5H2. The highest BCUT2D eigenvalue weighted by atomic mass is 79.9. The summed E-state index contributed by atoms with van der Waals surface area (Å²) in [6, 6.07) is 6.30. The molecule has 0 saturated heterocycles. The van der Waals surface area contributed by atoms with Crippen LogP contribution in [0.3, 0.4) is 0 Å². The third-order valence-electron chi connectivity index (χ3n) is 2.28. The number of hydrogen-bond acceptors (Lipinski definition) is 4. The van der Waals surface area contributed by atoms with Crippen molar-refractivity contribution in [1.29, 1.82) is 0 Å². The summed E-state index contributed by atoms with van der Waals surface area (Å²) in [7, 11) is 0. The van der Waals surface area contributed by atoms with Gasteiger partial charge in [-0.2, -0.15) is 0 Å². The molecule has 0 amide bonds. The molecule has 19 heavy (non-hydrogen) atoms. The van der Waals surface area contributed by atoms with Gasteiger partial charge in [0.15, 0.2) is 0 Å². The predicted octanol–water partition coefficient (Wildman–Crippen LogP) is 4.33. The van der Waals surface area contributed by atoms with E-state index in [1.165, 1.54) is 24.5 Å². The molecule has 0 atom stereocenters. The van der Waals surface area contributed by atoms with E-state index in [1.54, 1.807) is 12.1 Å². The average Bonchev–Trinajstić information content (AvgIpc) is 2.39. The zero-order valence-electron chi connectivity index (χ0n) is 9.55. The molecular weight excluding hydrogens is 336 g/mol. The second kappa shape index (κ2) is 5.99. The third-order valence-corrected chi connectivity index (χ3v) is 3.14. The number of alkyl halides is 1. The quantitative estimate of drug-likeness (QED) is 0.471. The van der Waals surface area contributed by atoms with Crippen LogP contribution in [0.1, 0.15) is 5.56 Å². The van der Waals surface area contributed by atoms with Crippen molar-refractivity contribution in [3.8, 4) is 11.5 Å². The second-order valence-electron chi connectivity index (χ2n) is 3.63. The first kappa shape index (κ1) is 13.8. The number of hydrogen-bond donors (Lipinski definition) is 0. The first-order valence-electron chi connectivity index (χ1n) is 5.22. The van der Waals surface area contributed by atoms with Crippen LogP contribution in [-0.4, -0.2) is 9.91 Å². The lowest BCUT2D eigenvalue weighted by molar-refractivity contribution is -0.385. The summed E-state index contributed by atoms with van der Waals surface area (Å²) in [6.07, 6.45) is 2.89. The highest BCUT2D eigenvalue weighted by molar-refractivity contribution is 9.08. The maximum absolute atomic E-state index is 11.0. The molecule has 0 radical (unpaired) electrons. The monoisotopic (exact) mass is 342 g/mol. The van der Waals surface area contributed by atoms with Crippen molar-refractivity contribution in [1.82, 2.24) is 4.98 Å². The lowest BCUT2D eigenvalue weighted by Gasteiger charge is -2.07. The minimum absolute atomic E-state index is 0.100. The van der Waals surface area contributed by atoms with E-state index >= 15 is 0 Å². The van der Waals surface area contributed by atoms with E-state index < -0.39 is 4.92 Å². The molecule has 0 aliphatic carbocycles. The summed E-state index contributed by atoms with van der Waals surface area (Å²) in [5, 5.41) is 12.0. The van der Waals surface area contributed by atoms with E-state index in [4.69, 9.17) is 16.3 Å². The molecule has 2 aromatic rings.